The molecule has 0 saturated heterocycles. The molecule has 2 atom stereocenters. The highest BCUT2D eigenvalue weighted by atomic mass is 35.5. The second-order valence-electron chi connectivity index (χ2n) is 3.62. The fraction of sp³-hybridized carbons (Fsp3) is 0.455. The van der Waals surface area contributed by atoms with Crippen LogP contribution in [-0.2, 0) is 6.18 Å². The Labute approximate surface area is 107 Å². The van der Waals surface area contributed by atoms with Crippen LogP contribution in [0.2, 0.25) is 0 Å². The number of methoxy groups -OCH3 is 1. The normalized spacial score (nSPS) is 15.3. The number of ether oxygens (including phenoxy) is 1. The summed E-state index contributed by atoms with van der Waals surface area (Å²) in [5, 5.41) is 18.9. The first-order valence-electron chi connectivity index (χ1n) is 4.98. The number of benzene rings is 1. The predicted octanol–water partition coefficient (Wildman–Crippen LogP) is 2.35. The van der Waals surface area contributed by atoms with Crippen molar-refractivity contribution in [2.24, 2.45) is 0 Å². The third-order valence-corrected chi connectivity index (χ3v) is 2.71. The van der Waals surface area contributed by atoms with Gasteiger partial charge in [-0.15, -0.1) is 11.6 Å². The summed E-state index contributed by atoms with van der Waals surface area (Å²) in [5.74, 6) is -0.632. The molecule has 3 nitrogen and oxygen atoms in total. The summed E-state index contributed by atoms with van der Waals surface area (Å²) in [6.45, 7) is 0. The van der Waals surface area contributed by atoms with E-state index in [-0.39, 0.29) is 17.2 Å². The van der Waals surface area contributed by atoms with Crippen molar-refractivity contribution >= 4 is 11.6 Å². The second kappa shape index (κ2) is 5.77. The first-order chi connectivity index (χ1) is 8.31. The molecule has 0 aliphatic heterocycles. The van der Waals surface area contributed by atoms with E-state index in [1.54, 1.807) is 0 Å². The molecule has 0 amide bonds. The van der Waals surface area contributed by atoms with Crippen molar-refractivity contribution in [1.29, 1.82) is 0 Å². The van der Waals surface area contributed by atoms with Crippen LogP contribution in [0.5, 0.6) is 5.75 Å². The molecule has 0 heterocycles. The molecule has 0 aromatic heterocycles. The van der Waals surface area contributed by atoms with Gasteiger partial charge in [-0.2, -0.15) is 13.2 Å². The number of aliphatic hydroxyl groups is 2. The zero-order chi connectivity index (χ0) is 13.9. The van der Waals surface area contributed by atoms with E-state index in [4.69, 9.17) is 11.6 Å². The molecule has 0 spiro atoms. The van der Waals surface area contributed by atoms with Gasteiger partial charge in [0.2, 0.25) is 0 Å². The maximum atomic E-state index is 12.7. The van der Waals surface area contributed by atoms with Crippen LogP contribution in [0.25, 0.3) is 0 Å². The molecule has 7 heteroatoms. The van der Waals surface area contributed by atoms with Crippen molar-refractivity contribution in [2.45, 2.75) is 18.4 Å². The molecule has 18 heavy (non-hydrogen) atoms. The quantitative estimate of drug-likeness (QED) is 0.835. The van der Waals surface area contributed by atoms with Gasteiger partial charge in [0.15, 0.2) is 0 Å². The molecule has 0 aliphatic carbocycles. The van der Waals surface area contributed by atoms with Crippen molar-refractivity contribution in [2.75, 3.05) is 13.0 Å². The van der Waals surface area contributed by atoms with Crippen LogP contribution in [-0.4, -0.2) is 29.3 Å². The van der Waals surface area contributed by atoms with Gasteiger partial charge >= 0.3 is 6.18 Å². The van der Waals surface area contributed by atoms with Crippen LogP contribution in [0.15, 0.2) is 18.2 Å². The van der Waals surface area contributed by atoms with Crippen LogP contribution >= 0.6 is 11.6 Å². The lowest BCUT2D eigenvalue weighted by molar-refractivity contribution is -0.138. The summed E-state index contributed by atoms with van der Waals surface area (Å²) in [5.41, 5.74) is -1.08. The molecule has 0 saturated carbocycles. The number of halogens is 4. The first-order valence-corrected chi connectivity index (χ1v) is 5.52. The fourth-order valence-electron chi connectivity index (χ4n) is 1.44. The zero-order valence-corrected chi connectivity index (χ0v) is 10.2. The van der Waals surface area contributed by atoms with Crippen molar-refractivity contribution < 1.29 is 28.1 Å². The van der Waals surface area contributed by atoms with Crippen LogP contribution in [0.3, 0.4) is 0 Å². The zero-order valence-electron chi connectivity index (χ0n) is 9.41. The third kappa shape index (κ3) is 3.28. The minimum absolute atomic E-state index is 0.0729. The maximum Gasteiger partial charge on any atom is 0.419 e. The summed E-state index contributed by atoms with van der Waals surface area (Å²) in [6.07, 6.45) is -7.41. The SMILES string of the molecule is COc1ccc(C(O)C(O)CCl)cc1C(F)(F)F. The van der Waals surface area contributed by atoms with Crippen molar-refractivity contribution in [1.82, 2.24) is 0 Å². The molecule has 2 unspecified atom stereocenters. The van der Waals surface area contributed by atoms with Gasteiger partial charge < -0.3 is 14.9 Å². The average molecular weight is 285 g/mol. The summed E-state index contributed by atoms with van der Waals surface area (Å²) in [4.78, 5) is 0. The largest absolute Gasteiger partial charge is 0.496 e. The minimum atomic E-state index is -4.60. The number of rotatable bonds is 4. The van der Waals surface area contributed by atoms with E-state index in [1.165, 1.54) is 6.07 Å². The lowest BCUT2D eigenvalue weighted by Gasteiger charge is -2.18. The van der Waals surface area contributed by atoms with Gasteiger partial charge in [0.25, 0.3) is 0 Å². The van der Waals surface area contributed by atoms with E-state index in [9.17, 15) is 23.4 Å². The Balaban J connectivity index is 3.18. The molecule has 2 N–H and O–H groups in total. The van der Waals surface area contributed by atoms with E-state index in [0.29, 0.717) is 0 Å². The lowest BCUT2D eigenvalue weighted by atomic mass is 10.0. The number of alkyl halides is 4. The number of aliphatic hydroxyl groups excluding tert-OH is 2. The van der Waals surface area contributed by atoms with E-state index in [1.807, 2.05) is 0 Å². The maximum absolute atomic E-state index is 12.7. The van der Waals surface area contributed by atoms with Gasteiger partial charge in [0.1, 0.15) is 11.9 Å². The predicted molar refractivity (Wildman–Crippen MR) is 59.7 cm³/mol. The standard InChI is InChI=1S/C11H12ClF3O3/c1-18-9-3-2-6(10(17)8(16)5-12)4-7(9)11(13,14)15/h2-4,8,10,16-17H,5H2,1H3. The van der Waals surface area contributed by atoms with E-state index in [2.05, 4.69) is 4.74 Å². The molecule has 1 aromatic rings. The van der Waals surface area contributed by atoms with E-state index < -0.39 is 23.9 Å². The highest BCUT2D eigenvalue weighted by Crippen LogP contribution is 2.37. The van der Waals surface area contributed by atoms with Gasteiger partial charge in [-0.1, -0.05) is 6.07 Å². The van der Waals surface area contributed by atoms with E-state index >= 15 is 0 Å². The molecule has 102 valence electrons. The number of hydrogen-bond acceptors (Lipinski definition) is 3. The summed E-state index contributed by atoms with van der Waals surface area (Å²) < 4.78 is 42.7. The summed E-state index contributed by atoms with van der Waals surface area (Å²) >= 11 is 5.33. The Bertz CT molecular complexity index is 409. The van der Waals surface area contributed by atoms with Crippen LogP contribution in [0.4, 0.5) is 13.2 Å². The van der Waals surface area contributed by atoms with Gasteiger partial charge in [0, 0.05) is 0 Å². The molecule has 1 aromatic carbocycles. The smallest absolute Gasteiger partial charge is 0.419 e. The van der Waals surface area contributed by atoms with Gasteiger partial charge in [0.05, 0.1) is 24.7 Å². The molecule has 0 bridgehead atoms. The Morgan fingerprint density at radius 3 is 2.39 bits per heavy atom. The minimum Gasteiger partial charge on any atom is -0.496 e. The van der Waals surface area contributed by atoms with Crippen LogP contribution < -0.4 is 4.74 Å². The van der Waals surface area contributed by atoms with Crippen molar-refractivity contribution in [3.05, 3.63) is 29.3 Å². The molecule has 1 rings (SSSR count). The second-order valence-corrected chi connectivity index (χ2v) is 3.93. The lowest BCUT2D eigenvalue weighted by Crippen LogP contribution is -2.20. The molecule has 0 radical (unpaired) electrons. The Morgan fingerprint density at radius 1 is 1.33 bits per heavy atom. The number of hydrogen-bond donors (Lipinski definition) is 2. The first kappa shape index (κ1) is 15.1. The summed E-state index contributed by atoms with van der Waals surface area (Å²) in [6, 6.07) is 3.07. The Morgan fingerprint density at radius 2 is 1.94 bits per heavy atom. The Hall–Kier alpha value is -0.980. The monoisotopic (exact) mass is 284 g/mol. The fourth-order valence-corrected chi connectivity index (χ4v) is 1.61. The molecular formula is C11H12ClF3O3. The molecule has 0 aliphatic rings. The topological polar surface area (TPSA) is 49.7 Å². The molecular weight excluding hydrogens is 273 g/mol. The highest BCUT2D eigenvalue weighted by Gasteiger charge is 2.35. The van der Waals surface area contributed by atoms with Crippen molar-refractivity contribution in [3.8, 4) is 5.75 Å². The summed E-state index contributed by atoms with van der Waals surface area (Å²) in [7, 11) is 1.12. The third-order valence-electron chi connectivity index (χ3n) is 2.39. The molecule has 0 fully saturated rings. The highest BCUT2D eigenvalue weighted by molar-refractivity contribution is 6.18. The van der Waals surface area contributed by atoms with Gasteiger partial charge in [-0.05, 0) is 17.7 Å². The van der Waals surface area contributed by atoms with Gasteiger partial charge in [-0.3, -0.25) is 0 Å². The Kier molecular flexibility index (Phi) is 4.84. The van der Waals surface area contributed by atoms with Crippen LogP contribution in [0, 0.1) is 0 Å². The van der Waals surface area contributed by atoms with Crippen molar-refractivity contribution in [3.63, 3.8) is 0 Å². The van der Waals surface area contributed by atoms with Gasteiger partial charge in [-0.25, -0.2) is 0 Å². The van der Waals surface area contributed by atoms with Crippen LogP contribution in [0.1, 0.15) is 17.2 Å². The van der Waals surface area contributed by atoms with E-state index in [0.717, 1.165) is 19.2 Å². The average Bonchev–Trinajstić information content (AvgIpc) is 2.35.